The second kappa shape index (κ2) is 7.28. The lowest BCUT2D eigenvalue weighted by atomic mass is 9.89. The van der Waals surface area contributed by atoms with Gasteiger partial charge in [0.1, 0.15) is 11.7 Å². The van der Waals surface area contributed by atoms with Crippen molar-refractivity contribution in [3.05, 3.63) is 95.9 Å². The zero-order valence-electron chi connectivity index (χ0n) is 17.7. The number of hydroxylamine groups is 1. The SMILES string of the molecule is Cc1[nH]c2ccccc2c1[C@@H]1[C@@H]2C(=O)N(c3ccc(F)cc3)C(=O)[C@H]2ON1c1ccccc1. The van der Waals surface area contributed by atoms with Gasteiger partial charge in [-0.1, -0.05) is 36.4 Å². The van der Waals surface area contributed by atoms with Crippen molar-refractivity contribution < 1.29 is 18.8 Å². The molecule has 0 spiro atoms. The minimum Gasteiger partial charge on any atom is -0.358 e. The molecule has 4 aromatic rings. The Morgan fingerprint density at radius 1 is 0.848 bits per heavy atom. The third-order valence-corrected chi connectivity index (χ3v) is 6.45. The highest BCUT2D eigenvalue weighted by molar-refractivity contribution is 6.24. The Balaban J connectivity index is 1.51. The summed E-state index contributed by atoms with van der Waals surface area (Å²) >= 11 is 0. The van der Waals surface area contributed by atoms with Crippen LogP contribution in [-0.4, -0.2) is 22.9 Å². The van der Waals surface area contributed by atoms with E-state index >= 15 is 0 Å². The third kappa shape index (κ3) is 2.89. The predicted molar refractivity (Wildman–Crippen MR) is 122 cm³/mol. The molecule has 3 heterocycles. The van der Waals surface area contributed by atoms with Gasteiger partial charge in [-0.15, -0.1) is 0 Å². The van der Waals surface area contributed by atoms with Gasteiger partial charge in [0.2, 0.25) is 5.91 Å². The number of fused-ring (bicyclic) bond motifs is 2. The lowest BCUT2D eigenvalue weighted by Gasteiger charge is -2.29. The Kier molecular flexibility index (Phi) is 4.35. The first-order chi connectivity index (χ1) is 16.0. The lowest BCUT2D eigenvalue weighted by molar-refractivity contribution is -0.126. The van der Waals surface area contributed by atoms with E-state index in [-0.39, 0.29) is 5.91 Å². The second-order valence-corrected chi connectivity index (χ2v) is 8.36. The van der Waals surface area contributed by atoms with E-state index in [0.717, 1.165) is 32.7 Å². The number of amides is 2. The van der Waals surface area contributed by atoms with E-state index in [1.165, 1.54) is 24.3 Å². The van der Waals surface area contributed by atoms with Gasteiger partial charge in [0.15, 0.2) is 6.10 Å². The Labute approximate surface area is 189 Å². The largest absolute Gasteiger partial charge is 0.358 e. The van der Waals surface area contributed by atoms with Crippen LogP contribution < -0.4 is 9.96 Å². The Bertz CT molecular complexity index is 1380. The van der Waals surface area contributed by atoms with Crippen molar-refractivity contribution in [2.45, 2.75) is 19.1 Å². The van der Waals surface area contributed by atoms with Crippen LogP contribution >= 0.6 is 0 Å². The molecular formula is C26H20FN3O3. The number of H-pyrrole nitrogens is 1. The van der Waals surface area contributed by atoms with Crippen molar-refractivity contribution in [3.63, 3.8) is 0 Å². The fraction of sp³-hybridized carbons (Fsp3) is 0.154. The van der Waals surface area contributed by atoms with Crippen LogP contribution in [-0.2, 0) is 14.4 Å². The summed E-state index contributed by atoms with van der Waals surface area (Å²) in [5.41, 5.74) is 3.88. The van der Waals surface area contributed by atoms with Gasteiger partial charge in [-0.3, -0.25) is 14.4 Å². The number of nitrogens with zero attached hydrogens (tertiary/aromatic N) is 2. The van der Waals surface area contributed by atoms with Crippen LogP contribution in [0.3, 0.4) is 0 Å². The van der Waals surface area contributed by atoms with Gasteiger partial charge < -0.3 is 4.98 Å². The number of hydrogen-bond acceptors (Lipinski definition) is 4. The molecule has 164 valence electrons. The Morgan fingerprint density at radius 3 is 2.30 bits per heavy atom. The van der Waals surface area contributed by atoms with Crippen LogP contribution in [0.1, 0.15) is 17.3 Å². The standard InChI is InChI=1S/C26H20FN3O3/c1-15-21(19-9-5-6-10-20(19)28-15)23-22-24(33-30(23)18-7-3-2-4-8-18)26(32)29(25(22)31)17-13-11-16(27)12-14-17/h2-14,22-24,28H,1H3/t22-,23+,24-/m0/s1. The third-order valence-electron chi connectivity index (χ3n) is 6.45. The maximum Gasteiger partial charge on any atom is 0.266 e. The summed E-state index contributed by atoms with van der Waals surface area (Å²) in [5, 5.41) is 2.67. The van der Waals surface area contributed by atoms with Crippen molar-refractivity contribution in [1.82, 2.24) is 4.98 Å². The molecule has 2 saturated heterocycles. The highest BCUT2D eigenvalue weighted by Gasteiger charge is 2.60. The monoisotopic (exact) mass is 441 g/mol. The zero-order chi connectivity index (χ0) is 22.7. The van der Waals surface area contributed by atoms with Gasteiger partial charge in [-0.25, -0.2) is 14.4 Å². The molecule has 3 atom stereocenters. The summed E-state index contributed by atoms with van der Waals surface area (Å²) in [6.45, 7) is 1.96. The molecule has 6 nitrogen and oxygen atoms in total. The van der Waals surface area contributed by atoms with Crippen LogP contribution in [0.15, 0.2) is 78.9 Å². The van der Waals surface area contributed by atoms with E-state index in [4.69, 9.17) is 4.84 Å². The van der Waals surface area contributed by atoms with E-state index in [9.17, 15) is 14.0 Å². The van der Waals surface area contributed by atoms with Gasteiger partial charge in [0.05, 0.1) is 17.4 Å². The van der Waals surface area contributed by atoms with Gasteiger partial charge >= 0.3 is 0 Å². The van der Waals surface area contributed by atoms with Crippen LogP contribution in [0.2, 0.25) is 0 Å². The second-order valence-electron chi connectivity index (χ2n) is 8.36. The number of aryl methyl sites for hydroxylation is 1. The molecule has 0 bridgehead atoms. The van der Waals surface area contributed by atoms with Crippen molar-refractivity contribution in [2.24, 2.45) is 5.92 Å². The Hall–Kier alpha value is -3.97. The summed E-state index contributed by atoms with van der Waals surface area (Å²) in [7, 11) is 0. The first kappa shape index (κ1) is 19.7. The maximum absolute atomic E-state index is 13.7. The average Bonchev–Trinajstić information content (AvgIpc) is 3.44. The number of hydrogen-bond donors (Lipinski definition) is 1. The average molecular weight is 441 g/mol. The van der Waals surface area contributed by atoms with Gasteiger partial charge in [-0.2, -0.15) is 0 Å². The predicted octanol–water partition coefficient (Wildman–Crippen LogP) is 4.67. The summed E-state index contributed by atoms with van der Waals surface area (Å²) in [6.07, 6.45) is -0.971. The van der Waals surface area contributed by atoms with Gasteiger partial charge in [0.25, 0.3) is 5.91 Å². The number of anilines is 2. The van der Waals surface area contributed by atoms with E-state index in [1.54, 1.807) is 5.06 Å². The summed E-state index contributed by atoms with van der Waals surface area (Å²) in [5.74, 6) is -1.99. The number of aromatic nitrogens is 1. The normalized spacial score (nSPS) is 22.4. The maximum atomic E-state index is 13.7. The topological polar surface area (TPSA) is 65.6 Å². The number of nitrogens with one attached hydrogen (secondary N) is 1. The molecule has 33 heavy (non-hydrogen) atoms. The highest BCUT2D eigenvalue weighted by Crippen LogP contribution is 2.49. The molecular weight excluding hydrogens is 421 g/mol. The van der Waals surface area contributed by atoms with E-state index in [1.807, 2.05) is 61.5 Å². The summed E-state index contributed by atoms with van der Waals surface area (Å²) in [6, 6.07) is 22.2. The molecule has 2 aliphatic rings. The number of benzene rings is 3. The van der Waals surface area contributed by atoms with Crippen LogP contribution in [0.25, 0.3) is 10.9 Å². The molecule has 6 rings (SSSR count). The van der Waals surface area contributed by atoms with Crippen LogP contribution in [0.5, 0.6) is 0 Å². The van der Waals surface area contributed by atoms with Gasteiger partial charge in [0, 0.05) is 22.2 Å². The molecule has 0 saturated carbocycles. The number of para-hydroxylation sites is 2. The summed E-state index contributed by atoms with van der Waals surface area (Å²) in [4.78, 5) is 37.8. The van der Waals surface area contributed by atoms with E-state index in [0.29, 0.717) is 5.69 Å². The fourth-order valence-corrected chi connectivity index (χ4v) is 5.03. The molecule has 2 fully saturated rings. The van der Waals surface area contributed by atoms with Crippen molar-refractivity contribution >= 4 is 34.1 Å². The number of halogens is 1. The van der Waals surface area contributed by atoms with Crippen LogP contribution in [0.4, 0.5) is 15.8 Å². The molecule has 0 aliphatic carbocycles. The first-order valence-corrected chi connectivity index (χ1v) is 10.8. The molecule has 2 aliphatic heterocycles. The smallest absolute Gasteiger partial charge is 0.266 e. The molecule has 1 N–H and O–H groups in total. The van der Waals surface area contributed by atoms with E-state index in [2.05, 4.69) is 4.98 Å². The molecule has 0 radical (unpaired) electrons. The molecule has 2 amide bonds. The molecule has 1 aromatic heterocycles. The molecule has 0 unspecified atom stereocenters. The molecule has 3 aromatic carbocycles. The minimum absolute atomic E-state index is 0.338. The van der Waals surface area contributed by atoms with Crippen molar-refractivity contribution in [1.29, 1.82) is 0 Å². The number of imide groups is 1. The van der Waals surface area contributed by atoms with E-state index < -0.39 is 29.8 Å². The van der Waals surface area contributed by atoms with Crippen molar-refractivity contribution in [3.8, 4) is 0 Å². The lowest BCUT2D eigenvalue weighted by Crippen LogP contribution is -2.37. The number of carbonyl (C=O) groups is 2. The highest BCUT2D eigenvalue weighted by atomic mass is 19.1. The fourth-order valence-electron chi connectivity index (χ4n) is 5.03. The number of carbonyl (C=O) groups excluding carboxylic acids is 2. The van der Waals surface area contributed by atoms with Crippen molar-refractivity contribution in [2.75, 3.05) is 9.96 Å². The quantitative estimate of drug-likeness (QED) is 0.470. The molecule has 7 heteroatoms. The number of aromatic amines is 1. The minimum atomic E-state index is -0.971. The summed E-state index contributed by atoms with van der Waals surface area (Å²) < 4.78 is 13.5. The first-order valence-electron chi connectivity index (χ1n) is 10.8. The Morgan fingerprint density at radius 2 is 1.55 bits per heavy atom. The number of rotatable bonds is 3. The zero-order valence-corrected chi connectivity index (χ0v) is 17.7. The van der Waals surface area contributed by atoms with Crippen LogP contribution in [0, 0.1) is 18.7 Å². The van der Waals surface area contributed by atoms with Gasteiger partial charge in [-0.05, 0) is 49.4 Å².